The molecule has 2 amide bonds. The van der Waals surface area contributed by atoms with Gasteiger partial charge in [0.1, 0.15) is 6.04 Å². The highest BCUT2D eigenvalue weighted by Gasteiger charge is 2.24. The van der Waals surface area contributed by atoms with Crippen LogP contribution in [0.2, 0.25) is 0 Å². The number of aryl methyl sites for hydroxylation is 1. The second-order valence-corrected chi connectivity index (χ2v) is 5.45. The molecule has 2 rings (SSSR count). The van der Waals surface area contributed by atoms with Gasteiger partial charge >= 0.3 is 5.97 Å². The highest BCUT2D eigenvalue weighted by Crippen LogP contribution is 2.23. The first-order chi connectivity index (χ1) is 9.88. The predicted octanol–water partition coefficient (Wildman–Crippen LogP) is 1.41. The molecular formula is C15H18N2O4. The largest absolute Gasteiger partial charge is 0.480 e. The van der Waals surface area contributed by atoms with E-state index in [4.69, 9.17) is 5.11 Å². The maximum absolute atomic E-state index is 12.2. The molecule has 0 fully saturated rings. The lowest BCUT2D eigenvalue weighted by molar-refractivity contribution is -0.140. The second kappa shape index (κ2) is 5.95. The molecule has 0 aliphatic carbocycles. The first kappa shape index (κ1) is 15.0. The Kier molecular flexibility index (Phi) is 4.26. The summed E-state index contributed by atoms with van der Waals surface area (Å²) in [7, 11) is 0. The van der Waals surface area contributed by atoms with E-state index in [2.05, 4.69) is 10.6 Å². The van der Waals surface area contributed by atoms with Crippen molar-refractivity contribution in [1.82, 2.24) is 5.32 Å². The fourth-order valence-electron chi connectivity index (χ4n) is 2.26. The minimum atomic E-state index is -1.05. The van der Waals surface area contributed by atoms with Crippen LogP contribution in [0.3, 0.4) is 0 Å². The van der Waals surface area contributed by atoms with E-state index in [0.29, 0.717) is 24.1 Å². The van der Waals surface area contributed by atoms with Crippen molar-refractivity contribution in [3.05, 3.63) is 29.3 Å². The summed E-state index contributed by atoms with van der Waals surface area (Å²) in [5.74, 6) is -1.71. The van der Waals surface area contributed by atoms with Crippen molar-refractivity contribution in [3.8, 4) is 0 Å². The summed E-state index contributed by atoms with van der Waals surface area (Å²) >= 11 is 0. The van der Waals surface area contributed by atoms with Gasteiger partial charge in [-0.1, -0.05) is 13.8 Å². The van der Waals surface area contributed by atoms with Gasteiger partial charge in [-0.15, -0.1) is 0 Å². The Balaban J connectivity index is 2.17. The molecule has 0 radical (unpaired) electrons. The summed E-state index contributed by atoms with van der Waals surface area (Å²) in [6.45, 7) is 3.48. The standard InChI is InChI=1S/C15H18N2O4/c1-8(2)13(15(20)21)17-14(19)10-3-5-11-9(7-10)4-6-12(18)16-11/h3,5,7-8,13H,4,6H2,1-2H3,(H,16,18)(H,17,19)(H,20,21). The fraction of sp³-hybridized carbons (Fsp3) is 0.400. The number of rotatable bonds is 4. The molecule has 1 atom stereocenters. The van der Waals surface area contributed by atoms with Crippen LogP contribution < -0.4 is 10.6 Å². The van der Waals surface area contributed by atoms with Crippen molar-refractivity contribution in [2.75, 3.05) is 5.32 Å². The fourth-order valence-corrected chi connectivity index (χ4v) is 2.26. The highest BCUT2D eigenvalue weighted by atomic mass is 16.4. The Labute approximate surface area is 122 Å². The zero-order chi connectivity index (χ0) is 15.6. The van der Waals surface area contributed by atoms with Crippen molar-refractivity contribution in [2.45, 2.75) is 32.7 Å². The van der Waals surface area contributed by atoms with E-state index < -0.39 is 17.9 Å². The summed E-state index contributed by atoms with van der Waals surface area (Å²) in [4.78, 5) is 34.6. The number of carbonyl (C=O) groups excluding carboxylic acids is 2. The molecular weight excluding hydrogens is 272 g/mol. The number of carboxylic acid groups (broad SMARTS) is 1. The monoisotopic (exact) mass is 290 g/mol. The molecule has 0 spiro atoms. The van der Waals surface area contributed by atoms with E-state index in [9.17, 15) is 14.4 Å². The van der Waals surface area contributed by atoms with Crippen LogP contribution in [0.15, 0.2) is 18.2 Å². The van der Waals surface area contributed by atoms with Crippen molar-refractivity contribution in [2.24, 2.45) is 5.92 Å². The van der Waals surface area contributed by atoms with Gasteiger partial charge in [0.15, 0.2) is 0 Å². The molecule has 0 aromatic heterocycles. The zero-order valence-electron chi connectivity index (χ0n) is 12.0. The summed E-state index contributed by atoms with van der Waals surface area (Å²) < 4.78 is 0. The Morgan fingerprint density at radius 1 is 1.29 bits per heavy atom. The maximum atomic E-state index is 12.2. The average molecular weight is 290 g/mol. The Hall–Kier alpha value is -2.37. The number of carboxylic acids is 1. The SMILES string of the molecule is CC(C)C(NC(=O)c1ccc2c(c1)CCC(=O)N2)C(=O)O. The third kappa shape index (κ3) is 3.39. The van der Waals surface area contributed by atoms with Crippen molar-refractivity contribution >= 4 is 23.5 Å². The van der Waals surface area contributed by atoms with Crippen molar-refractivity contribution in [3.63, 3.8) is 0 Å². The number of anilines is 1. The van der Waals surface area contributed by atoms with E-state index in [0.717, 1.165) is 5.56 Å². The van der Waals surface area contributed by atoms with Crippen LogP contribution in [0.5, 0.6) is 0 Å². The normalized spacial score (nSPS) is 15.1. The third-order valence-electron chi connectivity index (χ3n) is 3.48. The van der Waals surface area contributed by atoms with Gasteiger partial charge in [0.05, 0.1) is 0 Å². The highest BCUT2D eigenvalue weighted by molar-refractivity contribution is 5.99. The molecule has 0 saturated carbocycles. The van der Waals surface area contributed by atoms with Gasteiger partial charge in [-0.2, -0.15) is 0 Å². The number of hydrogen-bond donors (Lipinski definition) is 3. The number of hydrogen-bond acceptors (Lipinski definition) is 3. The minimum absolute atomic E-state index is 0.0366. The number of carbonyl (C=O) groups is 3. The summed E-state index contributed by atoms with van der Waals surface area (Å²) in [6, 6.07) is 4.03. The first-order valence-corrected chi connectivity index (χ1v) is 6.85. The molecule has 0 bridgehead atoms. The molecule has 112 valence electrons. The number of amides is 2. The van der Waals surface area contributed by atoms with Crippen LogP contribution in [0.4, 0.5) is 5.69 Å². The van der Waals surface area contributed by atoms with Gasteiger partial charge in [0.2, 0.25) is 5.91 Å². The quantitative estimate of drug-likeness (QED) is 0.781. The number of nitrogens with one attached hydrogen (secondary N) is 2. The maximum Gasteiger partial charge on any atom is 0.326 e. The molecule has 3 N–H and O–H groups in total. The number of aliphatic carboxylic acids is 1. The van der Waals surface area contributed by atoms with Gasteiger partial charge in [0, 0.05) is 17.7 Å². The molecule has 1 aliphatic rings. The van der Waals surface area contributed by atoms with E-state index >= 15 is 0 Å². The van der Waals surface area contributed by atoms with E-state index in [-0.39, 0.29) is 11.8 Å². The van der Waals surface area contributed by atoms with Gasteiger partial charge in [0.25, 0.3) is 5.91 Å². The van der Waals surface area contributed by atoms with Gasteiger partial charge in [-0.3, -0.25) is 9.59 Å². The van der Waals surface area contributed by atoms with E-state index in [1.54, 1.807) is 32.0 Å². The van der Waals surface area contributed by atoms with Crippen LogP contribution in [-0.4, -0.2) is 28.9 Å². The second-order valence-electron chi connectivity index (χ2n) is 5.45. The molecule has 1 heterocycles. The van der Waals surface area contributed by atoms with Gasteiger partial charge in [-0.05, 0) is 36.1 Å². The lowest BCUT2D eigenvalue weighted by Crippen LogP contribution is -2.44. The lowest BCUT2D eigenvalue weighted by Gasteiger charge is -2.20. The van der Waals surface area contributed by atoms with Crippen LogP contribution in [0.25, 0.3) is 0 Å². The van der Waals surface area contributed by atoms with Crippen LogP contribution in [0.1, 0.15) is 36.2 Å². The molecule has 1 aliphatic heterocycles. The molecule has 6 nitrogen and oxygen atoms in total. The van der Waals surface area contributed by atoms with Gasteiger partial charge < -0.3 is 15.7 Å². The summed E-state index contributed by atoms with van der Waals surface area (Å²) in [5, 5.41) is 14.4. The molecule has 1 unspecified atom stereocenters. The number of fused-ring (bicyclic) bond motifs is 1. The van der Waals surface area contributed by atoms with E-state index in [1.165, 1.54) is 0 Å². The van der Waals surface area contributed by atoms with Gasteiger partial charge in [-0.25, -0.2) is 4.79 Å². The summed E-state index contributed by atoms with van der Waals surface area (Å²) in [6.07, 6.45) is 0.969. The number of benzene rings is 1. The molecule has 1 aromatic rings. The predicted molar refractivity (Wildman–Crippen MR) is 77.1 cm³/mol. The van der Waals surface area contributed by atoms with Crippen LogP contribution in [-0.2, 0) is 16.0 Å². The Morgan fingerprint density at radius 3 is 2.62 bits per heavy atom. The third-order valence-corrected chi connectivity index (χ3v) is 3.48. The van der Waals surface area contributed by atoms with Crippen LogP contribution in [0, 0.1) is 5.92 Å². The van der Waals surface area contributed by atoms with Crippen molar-refractivity contribution < 1.29 is 19.5 Å². The summed E-state index contributed by atoms with van der Waals surface area (Å²) in [5.41, 5.74) is 2.00. The van der Waals surface area contributed by atoms with Crippen LogP contribution >= 0.6 is 0 Å². The first-order valence-electron chi connectivity index (χ1n) is 6.85. The Bertz CT molecular complexity index is 595. The average Bonchev–Trinajstić information content (AvgIpc) is 2.43. The zero-order valence-corrected chi connectivity index (χ0v) is 12.0. The minimum Gasteiger partial charge on any atom is -0.480 e. The smallest absolute Gasteiger partial charge is 0.326 e. The lowest BCUT2D eigenvalue weighted by atomic mass is 9.99. The molecule has 6 heteroatoms. The Morgan fingerprint density at radius 2 is 2.00 bits per heavy atom. The topological polar surface area (TPSA) is 95.5 Å². The molecule has 1 aromatic carbocycles. The molecule has 21 heavy (non-hydrogen) atoms. The van der Waals surface area contributed by atoms with Crippen molar-refractivity contribution in [1.29, 1.82) is 0 Å². The van der Waals surface area contributed by atoms with E-state index in [1.807, 2.05) is 0 Å². The molecule has 0 saturated heterocycles.